The van der Waals surface area contributed by atoms with Gasteiger partial charge in [0, 0.05) is 35.3 Å². The standard InChI is InChI=1S/C16H19ClN2O2S2/c1-2-19(10-13-5-6-14(17)23-13)15(20)4-3-8-18-16(21)12-7-9-22-11-12/h5-7,9,11H,2-4,8,10H2,1H3,(H,18,21). The first-order valence-corrected chi connectivity index (χ1v) is 9.56. The molecule has 0 aliphatic carbocycles. The van der Waals surface area contributed by atoms with Gasteiger partial charge < -0.3 is 10.2 Å². The summed E-state index contributed by atoms with van der Waals surface area (Å²) in [5.41, 5.74) is 0.672. The molecule has 0 spiro atoms. The van der Waals surface area contributed by atoms with Gasteiger partial charge in [0.05, 0.1) is 10.9 Å². The van der Waals surface area contributed by atoms with Crippen LogP contribution in [-0.2, 0) is 11.3 Å². The molecule has 2 amide bonds. The summed E-state index contributed by atoms with van der Waals surface area (Å²) in [6, 6.07) is 5.58. The summed E-state index contributed by atoms with van der Waals surface area (Å²) in [6.45, 7) is 3.72. The molecule has 0 aliphatic heterocycles. The van der Waals surface area contributed by atoms with Crippen molar-refractivity contribution in [1.82, 2.24) is 10.2 Å². The van der Waals surface area contributed by atoms with Crippen molar-refractivity contribution in [2.45, 2.75) is 26.3 Å². The molecule has 0 unspecified atom stereocenters. The number of thiophene rings is 2. The lowest BCUT2D eigenvalue weighted by molar-refractivity contribution is -0.131. The number of halogens is 1. The number of hydrogen-bond donors (Lipinski definition) is 1. The van der Waals surface area contributed by atoms with Crippen LogP contribution in [0.4, 0.5) is 0 Å². The SMILES string of the molecule is CCN(Cc1ccc(Cl)s1)C(=O)CCCNC(=O)c1ccsc1. The van der Waals surface area contributed by atoms with Gasteiger partial charge in [0.1, 0.15) is 0 Å². The maximum absolute atomic E-state index is 12.2. The van der Waals surface area contributed by atoms with Gasteiger partial charge >= 0.3 is 0 Å². The van der Waals surface area contributed by atoms with Crippen LogP contribution in [0, 0.1) is 0 Å². The molecule has 0 saturated heterocycles. The summed E-state index contributed by atoms with van der Waals surface area (Å²) in [7, 11) is 0. The van der Waals surface area contributed by atoms with E-state index in [1.807, 2.05) is 34.7 Å². The van der Waals surface area contributed by atoms with Crippen LogP contribution in [0.2, 0.25) is 4.34 Å². The first-order valence-electron chi connectivity index (χ1n) is 7.42. The molecule has 4 nitrogen and oxygen atoms in total. The van der Waals surface area contributed by atoms with Gasteiger partial charge in [-0.15, -0.1) is 11.3 Å². The third-order valence-corrected chi connectivity index (χ3v) is 5.25. The van der Waals surface area contributed by atoms with Crippen molar-refractivity contribution in [1.29, 1.82) is 0 Å². The fraction of sp³-hybridized carbons (Fsp3) is 0.375. The molecular formula is C16H19ClN2O2S2. The van der Waals surface area contributed by atoms with E-state index >= 15 is 0 Å². The number of hydrogen-bond acceptors (Lipinski definition) is 4. The minimum absolute atomic E-state index is 0.0840. The smallest absolute Gasteiger partial charge is 0.252 e. The molecule has 2 heterocycles. The third kappa shape index (κ3) is 5.64. The van der Waals surface area contributed by atoms with Gasteiger partial charge in [-0.3, -0.25) is 9.59 Å². The molecule has 0 aliphatic rings. The van der Waals surface area contributed by atoms with E-state index in [9.17, 15) is 9.59 Å². The third-order valence-electron chi connectivity index (χ3n) is 3.35. The molecule has 1 N–H and O–H groups in total. The van der Waals surface area contributed by atoms with Crippen molar-refractivity contribution in [3.63, 3.8) is 0 Å². The highest BCUT2D eigenvalue weighted by Crippen LogP contribution is 2.22. The molecule has 124 valence electrons. The van der Waals surface area contributed by atoms with Crippen molar-refractivity contribution in [3.05, 3.63) is 43.7 Å². The van der Waals surface area contributed by atoms with Crippen LogP contribution in [0.15, 0.2) is 29.0 Å². The maximum Gasteiger partial charge on any atom is 0.252 e. The summed E-state index contributed by atoms with van der Waals surface area (Å²) in [6.07, 6.45) is 1.06. The lowest BCUT2D eigenvalue weighted by Crippen LogP contribution is -2.31. The largest absolute Gasteiger partial charge is 0.352 e. The highest BCUT2D eigenvalue weighted by Gasteiger charge is 2.13. The van der Waals surface area contributed by atoms with Crippen LogP contribution in [-0.4, -0.2) is 29.8 Å². The predicted molar refractivity (Wildman–Crippen MR) is 96.3 cm³/mol. The van der Waals surface area contributed by atoms with Crippen LogP contribution >= 0.6 is 34.3 Å². The Morgan fingerprint density at radius 2 is 2.13 bits per heavy atom. The zero-order valence-electron chi connectivity index (χ0n) is 12.9. The van der Waals surface area contributed by atoms with E-state index in [1.54, 1.807) is 6.07 Å². The molecule has 0 saturated carbocycles. The number of nitrogens with one attached hydrogen (secondary N) is 1. The van der Waals surface area contributed by atoms with Crippen LogP contribution < -0.4 is 5.32 Å². The molecule has 2 aromatic heterocycles. The van der Waals surface area contributed by atoms with Gasteiger partial charge in [0.15, 0.2) is 0 Å². The van der Waals surface area contributed by atoms with Crippen molar-refractivity contribution < 1.29 is 9.59 Å². The van der Waals surface area contributed by atoms with Crippen LogP contribution in [0.5, 0.6) is 0 Å². The van der Waals surface area contributed by atoms with Gasteiger partial charge in [-0.1, -0.05) is 11.6 Å². The molecule has 2 aromatic rings. The van der Waals surface area contributed by atoms with Crippen LogP contribution in [0.3, 0.4) is 0 Å². The average molecular weight is 371 g/mol. The van der Waals surface area contributed by atoms with E-state index in [4.69, 9.17) is 11.6 Å². The molecule has 0 radical (unpaired) electrons. The van der Waals surface area contributed by atoms with Crippen LogP contribution in [0.1, 0.15) is 35.0 Å². The van der Waals surface area contributed by atoms with Crippen molar-refractivity contribution in [2.24, 2.45) is 0 Å². The lowest BCUT2D eigenvalue weighted by atomic mass is 10.2. The summed E-state index contributed by atoms with van der Waals surface area (Å²) < 4.78 is 0.736. The maximum atomic E-state index is 12.2. The molecule has 2 rings (SSSR count). The molecule has 0 atom stereocenters. The minimum Gasteiger partial charge on any atom is -0.352 e. The Labute approximate surface area is 149 Å². The van der Waals surface area contributed by atoms with Crippen LogP contribution in [0.25, 0.3) is 0 Å². The van der Waals surface area contributed by atoms with Gasteiger partial charge in [0.25, 0.3) is 5.91 Å². The van der Waals surface area contributed by atoms with Crippen molar-refractivity contribution in [2.75, 3.05) is 13.1 Å². The molecule has 23 heavy (non-hydrogen) atoms. The molecule has 0 aromatic carbocycles. The monoisotopic (exact) mass is 370 g/mol. The van der Waals surface area contributed by atoms with Crippen molar-refractivity contribution in [3.8, 4) is 0 Å². The summed E-state index contributed by atoms with van der Waals surface area (Å²) in [4.78, 5) is 26.9. The minimum atomic E-state index is -0.0840. The molecular weight excluding hydrogens is 352 g/mol. The second kappa shape index (κ2) is 9.05. The Morgan fingerprint density at radius 3 is 2.74 bits per heavy atom. The second-order valence-corrected chi connectivity index (χ2v) is 7.56. The predicted octanol–water partition coefficient (Wildman–Crippen LogP) is 4.02. The normalized spacial score (nSPS) is 10.5. The van der Waals surface area contributed by atoms with E-state index in [1.165, 1.54) is 22.7 Å². The molecule has 0 fully saturated rings. The average Bonchev–Trinajstić information content (AvgIpc) is 3.20. The van der Waals surface area contributed by atoms with E-state index in [0.717, 1.165) is 9.21 Å². The van der Waals surface area contributed by atoms with E-state index < -0.39 is 0 Å². The number of rotatable bonds is 8. The fourth-order valence-electron chi connectivity index (χ4n) is 2.10. The Kier molecular flexibility index (Phi) is 7.08. The summed E-state index contributed by atoms with van der Waals surface area (Å²) in [5, 5.41) is 6.51. The van der Waals surface area contributed by atoms with E-state index in [2.05, 4.69) is 5.32 Å². The highest BCUT2D eigenvalue weighted by molar-refractivity contribution is 7.16. The summed E-state index contributed by atoms with van der Waals surface area (Å²) in [5.74, 6) is 0.0149. The highest BCUT2D eigenvalue weighted by atomic mass is 35.5. The first-order chi connectivity index (χ1) is 11.1. The lowest BCUT2D eigenvalue weighted by Gasteiger charge is -2.20. The quantitative estimate of drug-likeness (QED) is 0.713. The Balaban J connectivity index is 1.71. The Hall–Kier alpha value is -1.37. The zero-order chi connectivity index (χ0) is 16.7. The fourth-order valence-corrected chi connectivity index (χ4v) is 3.84. The molecule has 0 bridgehead atoms. The summed E-state index contributed by atoms with van der Waals surface area (Å²) >= 11 is 8.90. The zero-order valence-corrected chi connectivity index (χ0v) is 15.3. The van der Waals surface area contributed by atoms with E-state index in [0.29, 0.717) is 38.0 Å². The van der Waals surface area contributed by atoms with Gasteiger partial charge in [-0.2, -0.15) is 11.3 Å². The number of amides is 2. The number of carbonyl (C=O) groups is 2. The number of carbonyl (C=O) groups excluding carboxylic acids is 2. The van der Waals surface area contributed by atoms with Gasteiger partial charge in [0.2, 0.25) is 5.91 Å². The van der Waals surface area contributed by atoms with Gasteiger partial charge in [-0.05, 0) is 36.9 Å². The van der Waals surface area contributed by atoms with Crippen molar-refractivity contribution >= 4 is 46.1 Å². The topological polar surface area (TPSA) is 49.4 Å². The van der Waals surface area contributed by atoms with E-state index in [-0.39, 0.29) is 11.8 Å². The Morgan fingerprint density at radius 1 is 1.30 bits per heavy atom. The number of nitrogens with zero attached hydrogens (tertiary/aromatic N) is 1. The molecule has 7 heteroatoms. The Bertz CT molecular complexity index is 640. The first kappa shape index (κ1) is 18.0. The second-order valence-electron chi connectivity index (χ2n) is 4.99. The van der Waals surface area contributed by atoms with Gasteiger partial charge in [-0.25, -0.2) is 0 Å².